The lowest BCUT2D eigenvalue weighted by atomic mass is 9.96. The molecular weight excluding hydrogens is 488 g/mol. The number of piperidine rings is 1. The van der Waals surface area contributed by atoms with Crippen molar-refractivity contribution >= 4 is 29.1 Å². The number of ether oxygens (including phenoxy) is 1. The smallest absolute Gasteiger partial charge is 0.256 e. The van der Waals surface area contributed by atoms with Crippen LogP contribution in [0.2, 0.25) is 0 Å². The molecule has 0 aliphatic carbocycles. The Morgan fingerprint density at radius 2 is 1.81 bits per heavy atom. The first kappa shape index (κ1) is 25.1. The van der Waals surface area contributed by atoms with Gasteiger partial charge in [0.1, 0.15) is 11.8 Å². The number of amides is 3. The zero-order chi connectivity index (χ0) is 25.8. The highest BCUT2D eigenvalue weighted by molar-refractivity contribution is 7.10. The van der Waals surface area contributed by atoms with Gasteiger partial charge in [-0.15, -0.1) is 11.3 Å². The molecule has 5 rings (SSSR count). The minimum absolute atomic E-state index is 0.0679. The van der Waals surface area contributed by atoms with Gasteiger partial charge in [0.15, 0.2) is 0 Å². The molecule has 2 saturated heterocycles. The van der Waals surface area contributed by atoms with Crippen LogP contribution in [-0.4, -0.2) is 64.0 Å². The third-order valence-corrected chi connectivity index (χ3v) is 7.98. The number of carbonyl (C=O) groups is 3. The molecule has 1 atom stereocenters. The lowest BCUT2D eigenvalue weighted by Gasteiger charge is -2.44. The van der Waals surface area contributed by atoms with Gasteiger partial charge >= 0.3 is 0 Å². The maximum atomic E-state index is 13.8. The fourth-order valence-corrected chi connectivity index (χ4v) is 5.69. The van der Waals surface area contributed by atoms with Crippen LogP contribution in [0.4, 0.5) is 0 Å². The molecule has 9 heteroatoms. The molecule has 2 aliphatic heterocycles. The van der Waals surface area contributed by atoms with E-state index in [9.17, 15) is 14.4 Å². The standard InChI is InChI=1S/C28H30N4O4S/c1-20-4-6-22(7-5-20)27(35)32-24(26(34)30-18-21-8-12-29-13-9-21)19-36-28(32)10-14-31(15-11-28)25(33)17-23-3-2-16-37-23/h2-9,12-13,16,24H,10-11,14-15,17-19H2,1H3,(H,30,34)/t24-/m0/s1. The van der Waals surface area contributed by atoms with E-state index in [0.29, 0.717) is 44.5 Å². The summed E-state index contributed by atoms with van der Waals surface area (Å²) in [6.07, 6.45) is 4.63. The highest BCUT2D eigenvalue weighted by Crippen LogP contribution is 2.38. The second kappa shape index (κ2) is 10.8. The van der Waals surface area contributed by atoms with Crippen molar-refractivity contribution in [2.24, 2.45) is 0 Å². The second-order valence-electron chi connectivity index (χ2n) is 9.52. The summed E-state index contributed by atoms with van der Waals surface area (Å²) < 4.78 is 6.28. The Balaban J connectivity index is 1.33. The van der Waals surface area contributed by atoms with Gasteiger partial charge in [-0.25, -0.2) is 0 Å². The number of likely N-dealkylation sites (tertiary alicyclic amines) is 1. The van der Waals surface area contributed by atoms with Crippen LogP contribution in [-0.2, 0) is 27.3 Å². The minimum atomic E-state index is -0.930. The average Bonchev–Trinajstić information content (AvgIpc) is 3.56. The number of pyridine rings is 1. The number of carbonyl (C=O) groups excluding carboxylic acids is 3. The minimum Gasteiger partial charge on any atom is -0.353 e. The normalized spacial score (nSPS) is 18.7. The number of aryl methyl sites for hydroxylation is 1. The second-order valence-corrected chi connectivity index (χ2v) is 10.6. The van der Waals surface area contributed by atoms with Gasteiger partial charge in [0.05, 0.1) is 13.0 Å². The largest absolute Gasteiger partial charge is 0.353 e. The Morgan fingerprint density at radius 3 is 2.49 bits per heavy atom. The molecule has 4 heterocycles. The molecule has 0 saturated carbocycles. The lowest BCUT2D eigenvalue weighted by Crippen LogP contribution is -2.59. The van der Waals surface area contributed by atoms with Gasteiger partial charge < -0.3 is 15.0 Å². The number of rotatable bonds is 6. The van der Waals surface area contributed by atoms with Crippen LogP contribution in [0.25, 0.3) is 0 Å². The predicted octanol–water partition coefficient (Wildman–Crippen LogP) is 3.17. The van der Waals surface area contributed by atoms with E-state index in [1.54, 1.807) is 40.8 Å². The van der Waals surface area contributed by atoms with Gasteiger partial charge in [-0.2, -0.15) is 0 Å². The summed E-state index contributed by atoms with van der Waals surface area (Å²) in [6.45, 7) is 3.35. The number of benzene rings is 1. The molecule has 0 bridgehead atoms. The van der Waals surface area contributed by atoms with Crippen LogP contribution < -0.4 is 5.32 Å². The van der Waals surface area contributed by atoms with E-state index in [1.165, 1.54) is 0 Å². The van der Waals surface area contributed by atoms with Crippen LogP contribution in [0.5, 0.6) is 0 Å². The molecular formula is C28H30N4O4S. The SMILES string of the molecule is Cc1ccc(C(=O)N2[C@H](C(=O)NCc3ccncc3)COC23CCN(C(=O)Cc2cccs2)CC3)cc1. The molecule has 0 unspecified atom stereocenters. The molecule has 192 valence electrons. The molecule has 37 heavy (non-hydrogen) atoms. The quantitative estimate of drug-likeness (QED) is 0.541. The summed E-state index contributed by atoms with van der Waals surface area (Å²) in [4.78, 5) is 48.5. The molecule has 2 fully saturated rings. The van der Waals surface area contributed by atoms with Crippen LogP contribution in [0.3, 0.4) is 0 Å². The molecule has 1 spiro atoms. The summed E-state index contributed by atoms with van der Waals surface area (Å²) >= 11 is 1.57. The van der Waals surface area contributed by atoms with Crippen molar-refractivity contribution in [3.05, 3.63) is 87.9 Å². The summed E-state index contributed by atoms with van der Waals surface area (Å²) in [6, 6.07) is 14.2. The van der Waals surface area contributed by atoms with E-state index in [2.05, 4.69) is 10.3 Å². The maximum Gasteiger partial charge on any atom is 0.256 e. The van der Waals surface area contributed by atoms with E-state index in [-0.39, 0.29) is 24.3 Å². The molecule has 2 aromatic heterocycles. The topological polar surface area (TPSA) is 91.8 Å². The van der Waals surface area contributed by atoms with Crippen molar-refractivity contribution in [3.63, 3.8) is 0 Å². The number of nitrogens with zero attached hydrogens (tertiary/aromatic N) is 3. The molecule has 3 amide bonds. The maximum absolute atomic E-state index is 13.8. The van der Waals surface area contributed by atoms with E-state index in [1.807, 2.05) is 53.6 Å². The van der Waals surface area contributed by atoms with Crippen molar-refractivity contribution in [1.29, 1.82) is 0 Å². The van der Waals surface area contributed by atoms with Crippen LogP contribution >= 0.6 is 11.3 Å². The molecule has 2 aliphatic rings. The molecule has 1 aromatic carbocycles. The van der Waals surface area contributed by atoms with Crippen LogP contribution in [0.15, 0.2) is 66.3 Å². The van der Waals surface area contributed by atoms with Crippen molar-refractivity contribution in [3.8, 4) is 0 Å². The fourth-order valence-electron chi connectivity index (χ4n) is 4.99. The Kier molecular flexibility index (Phi) is 7.34. The van der Waals surface area contributed by atoms with Crippen molar-refractivity contribution in [2.45, 2.75) is 44.5 Å². The first-order valence-corrected chi connectivity index (χ1v) is 13.3. The van der Waals surface area contributed by atoms with Gasteiger partial charge in [-0.3, -0.25) is 24.3 Å². The van der Waals surface area contributed by atoms with Gasteiger partial charge in [-0.05, 0) is 48.2 Å². The third kappa shape index (κ3) is 5.42. The van der Waals surface area contributed by atoms with Gasteiger partial charge in [-0.1, -0.05) is 23.8 Å². The highest BCUT2D eigenvalue weighted by Gasteiger charge is 2.54. The number of thiophene rings is 1. The molecule has 1 N–H and O–H groups in total. The van der Waals surface area contributed by atoms with Crippen molar-refractivity contribution in [1.82, 2.24) is 20.1 Å². The lowest BCUT2D eigenvalue weighted by molar-refractivity contribution is -0.143. The van der Waals surface area contributed by atoms with Gasteiger partial charge in [0.25, 0.3) is 5.91 Å². The Hall–Kier alpha value is -3.56. The molecule has 8 nitrogen and oxygen atoms in total. The van der Waals surface area contributed by atoms with E-state index < -0.39 is 11.8 Å². The monoisotopic (exact) mass is 518 g/mol. The number of aromatic nitrogens is 1. The van der Waals surface area contributed by atoms with Crippen molar-refractivity contribution in [2.75, 3.05) is 19.7 Å². The Bertz CT molecular complexity index is 1240. The Morgan fingerprint density at radius 1 is 1.08 bits per heavy atom. The number of hydrogen-bond acceptors (Lipinski definition) is 6. The van der Waals surface area contributed by atoms with Crippen molar-refractivity contribution < 1.29 is 19.1 Å². The summed E-state index contributed by atoms with van der Waals surface area (Å²) in [5.74, 6) is -0.427. The average molecular weight is 519 g/mol. The number of nitrogens with one attached hydrogen (secondary N) is 1. The zero-order valence-electron chi connectivity index (χ0n) is 20.8. The van der Waals surface area contributed by atoms with E-state index in [0.717, 1.165) is 16.0 Å². The zero-order valence-corrected chi connectivity index (χ0v) is 21.6. The molecule has 3 aromatic rings. The van der Waals surface area contributed by atoms with Crippen LogP contribution in [0, 0.1) is 6.92 Å². The first-order chi connectivity index (χ1) is 17.9. The Labute approximate surface area is 220 Å². The summed E-state index contributed by atoms with van der Waals surface area (Å²) in [5.41, 5.74) is 1.55. The predicted molar refractivity (Wildman–Crippen MR) is 140 cm³/mol. The summed E-state index contributed by atoms with van der Waals surface area (Å²) in [5, 5.41) is 4.92. The third-order valence-electron chi connectivity index (χ3n) is 7.10. The van der Waals surface area contributed by atoms with Gasteiger partial charge in [0, 0.05) is 55.3 Å². The summed E-state index contributed by atoms with van der Waals surface area (Å²) in [7, 11) is 0. The van der Waals surface area contributed by atoms with E-state index in [4.69, 9.17) is 4.74 Å². The first-order valence-electron chi connectivity index (χ1n) is 12.5. The highest BCUT2D eigenvalue weighted by atomic mass is 32.1. The number of hydrogen-bond donors (Lipinski definition) is 1. The van der Waals surface area contributed by atoms with E-state index >= 15 is 0 Å². The fraction of sp³-hybridized carbons (Fsp3) is 0.357. The van der Waals surface area contributed by atoms with Gasteiger partial charge in [0.2, 0.25) is 11.8 Å². The van der Waals surface area contributed by atoms with Crippen LogP contribution in [0.1, 0.15) is 39.2 Å². The molecule has 0 radical (unpaired) electrons.